The molecule has 1 saturated heterocycles. The van der Waals surface area contributed by atoms with Gasteiger partial charge in [0.25, 0.3) is 0 Å². The van der Waals surface area contributed by atoms with Crippen molar-refractivity contribution in [2.75, 3.05) is 50.1 Å². The highest BCUT2D eigenvalue weighted by molar-refractivity contribution is 5.77. The first-order valence-electron chi connectivity index (χ1n) is 9.69. The second-order valence-corrected chi connectivity index (χ2v) is 6.79. The van der Waals surface area contributed by atoms with E-state index in [4.69, 9.17) is 4.74 Å². The third-order valence-electron chi connectivity index (χ3n) is 5.10. The molecule has 0 atom stereocenters. The maximum Gasteiger partial charge on any atom is 0.224 e. The molecule has 2 aromatic carbocycles. The summed E-state index contributed by atoms with van der Waals surface area (Å²) in [6.07, 6.45) is 1.57. The second kappa shape index (κ2) is 9.31. The van der Waals surface area contributed by atoms with Gasteiger partial charge in [-0.1, -0.05) is 19.1 Å². The van der Waals surface area contributed by atoms with E-state index in [0.29, 0.717) is 13.0 Å². The first-order chi connectivity index (χ1) is 13.2. The lowest BCUT2D eigenvalue weighted by molar-refractivity contribution is -0.131. The molecule has 1 aliphatic rings. The molecule has 0 bridgehead atoms. The first kappa shape index (κ1) is 19.1. The monoisotopic (exact) mass is 367 g/mol. The Bertz CT molecular complexity index is 720. The molecule has 5 heteroatoms. The van der Waals surface area contributed by atoms with Crippen molar-refractivity contribution in [2.24, 2.45) is 0 Å². The Morgan fingerprint density at radius 2 is 1.67 bits per heavy atom. The van der Waals surface area contributed by atoms with Crippen LogP contribution in [0.3, 0.4) is 0 Å². The molecule has 144 valence electrons. The molecule has 1 fully saturated rings. The summed E-state index contributed by atoms with van der Waals surface area (Å²) in [6.45, 7) is 6.10. The quantitative estimate of drug-likeness (QED) is 0.815. The number of ether oxygens (including phenoxy) is 1. The Morgan fingerprint density at radius 3 is 2.26 bits per heavy atom. The van der Waals surface area contributed by atoms with Gasteiger partial charge in [-0.25, -0.2) is 0 Å². The number of carbonyl (C=O) groups excluding carboxylic acids is 1. The van der Waals surface area contributed by atoms with Gasteiger partial charge in [-0.15, -0.1) is 0 Å². The number of aryl methyl sites for hydroxylation is 1. The van der Waals surface area contributed by atoms with Crippen LogP contribution in [0, 0.1) is 0 Å². The summed E-state index contributed by atoms with van der Waals surface area (Å²) < 4.78 is 5.21. The zero-order valence-corrected chi connectivity index (χ0v) is 16.3. The molecule has 3 rings (SSSR count). The van der Waals surface area contributed by atoms with Gasteiger partial charge in [-0.3, -0.25) is 4.79 Å². The Hall–Kier alpha value is -2.69. The highest BCUT2D eigenvalue weighted by Crippen LogP contribution is 2.20. The van der Waals surface area contributed by atoms with E-state index < -0.39 is 0 Å². The number of anilines is 2. The fraction of sp³-hybridized carbons (Fsp3) is 0.409. The van der Waals surface area contributed by atoms with Crippen LogP contribution in [-0.4, -0.2) is 50.6 Å². The van der Waals surface area contributed by atoms with Crippen molar-refractivity contribution < 1.29 is 9.53 Å². The van der Waals surface area contributed by atoms with E-state index in [1.807, 2.05) is 17.0 Å². The topological polar surface area (TPSA) is 44.8 Å². The van der Waals surface area contributed by atoms with Gasteiger partial charge in [-0.2, -0.15) is 0 Å². The Morgan fingerprint density at radius 1 is 1.00 bits per heavy atom. The number of hydrogen-bond acceptors (Lipinski definition) is 4. The average Bonchev–Trinajstić information content (AvgIpc) is 2.74. The van der Waals surface area contributed by atoms with Crippen LogP contribution in [0.1, 0.15) is 18.9 Å². The number of nitrogens with zero attached hydrogens (tertiary/aromatic N) is 2. The SMILES string of the molecule is CCc1ccc(NCCC(=O)N2CCN(c3ccc(OC)cc3)CC2)cc1. The molecular weight excluding hydrogens is 338 g/mol. The van der Waals surface area contributed by atoms with Gasteiger partial charge in [0, 0.05) is 50.5 Å². The second-order valence-electron chi connectivity index (χ2n) is 6.79. The number of hydrogen-bond donors (Lipinski definition) is 1. The van der Waals surface area contributed by atoms with Crippen LogP contribution in [0.25, 0.3) is 0 Å². The minimum atomic E-state index is 0.224. The molecule has 27 heavy (non-hydrogen) atoms. The standard InChI is InChI=1S/C22H29N3O2/c1-3-18-4-6-19(7-5-18)23-13-12-22(26)25-16-14-24(15-17-25)20-8-10-21(27-2)11-9-20/h4-11,23H,3,12-17H2,1-2H3. The van der Waals surface area contributed by atoms with E-state index in [-0.39, 0.29) is 5.91 Å². The summed E-state index contributed by atoms with van der Waals surface area (Å²) in [7, 11) is 1.68. The summed E-state index contributed by atoms with van der Waals surface area (Å²) in [5, 5.41) is 3.34. The van der Waals surface area contributed by atoms with Crippen LogP contribution in [0.15, 0.2) is 48.5 Å². The van der Waals surface area contributed by atoms with Crippen LogP contribution >= 0.6 is 0 Å². The zero-order valence-electron chi connectivity index (χ0n) is 16.3. The number of amides is 1. The van der Waals surface area contributed by atoms with Gasteiger partial charge in [0.15, 0.2) is 0 Å². The van der Waals surface area contributed by atoms with Crippen molar-refractivity contribution in [2.45, 2.75) is 19.8 Å². The number of benzene rings is 2. The van der Waals surface area contributed by atoms with Crippen LogP contribution in [0.2, 0.25) is 0 Å². The number of methoxy groups -OCH3 is 1. The van der Waals surface area contributed by atoms with Gasteiger partial charge < -0.3 is 19.9 Å². The Balaban J connectivity index is 1.41. The summed E-state index contributed by atoms with van der Waals surface area (Å²) in [5.74, 6) is 1.09. The summed E-state index contributed by atoms with van der Waals surface area (Å²) in [5.41, 5.74) is 3.58. The maximum absolute atomic E-state index is 12.5. The van der Waals surface area contributed by atoms with Crippen molar-refractivity contribution in [3.05, 3.63) is 54.1 Å². The maximum atomic E-state index is 12.5. The Kier molecular flexibility index (Phi) is 6.58. The van der Waals surface area contributed by atoms with E-state index in [0.717, 1.165) is 44.0 Å². The lowest BCUT2D eigenvalue weighted by Crippen LogP contribution is -2.49. The number of rotatable bonds is 7. The highest BCUT2D eigenvalue weighted by atomic mass is 16.5. The fourth-order valence-corrected chi connectivity index (χ4v) is 3.34. The van der Waals surface area contributed by atoms with Crippen molar-refractivity contribution >= 4 is 17.3 Å². The van der Waals surface area contributed by atoms with Gasteiger partial charge in [0.2, 0.25) is 5.91 Å². The van der Waals surface area contributed by atoms with Crippen molar-refractivity contribution in [3.63, 3.8) is 0 Å². The van der Waals surface area contributed by atoms with Crippen LogP contribution < -0.4 is 15.0 Å². The molecule has 0 radical (unpaired) electrons. The minimum Gasteiger partial charge on any atom is -0.497 e. The number of piperazine rings is 1. The molecular formula is C22H29N3O2. The largest absolute Gasteiger partial charge is 0.497 e. The normalized spacial score (nSPS) is 14.1. The lowest BCUT2D eigenvalue weighted by atomic mass is 10.1. The number of nitrogens with one attached hydrogen (secondary N) is 1. The third-order valence-corrected chi connectivity index (χ3v) is 5.10. The third kappa shape index (κ3) is 5.16. The summed E-state index contributed by atoms with van der Waals surface area (Å²) in [6, 6.07) is 16.5. The van der Waals surface area contributed by atoms with Gasteiger partial charge in [-0.05, 0) is 48.4 Å². The van der Waals surface area contributed by atoms with E-state index in [2.05, 4.69) is 53.5 Å². The van der Waals surface area contributed by atoms with E-state index in [1.54, 1.807) is 7.11 Å². The highest BCUT2D eigenvalue weighted by Gasteiger charge is 2.20. The molecule has 2 aromatic rings. The lowest BCUT2D eigenvalue weighted by Gasteiger charge is -2.36. The molecule has 1 N–H and O–H groups in total. The smallest absolute Gasteiger partial charge is 0.224 e. The molecule has 1 amide bonds. The van der Waals surface area contributed by atoms with Crippen molar-refractivity contribution in [1.82, 2.24) is 4.90 Å². The molecule has 0 unspecified atom stereocenters. The minimum absolute atomic E-state index is 0.224. The first-order valence-corrected chi connectivity index (χ1v) is 9.69. The molecule has 5 nitrogen and oxygen atoms in total. The molecule has 0 spiro atoms. The summed E-state index contributed by atoms with van der Waals surface area (Å²) >= 11 is 0. The van der Waals surface area contributed by atoms with Crippen LogP contribution in [0.4, 0.5) is 11.4 Å². The van der Waals surface area contributed by atoms with E-state index in [9.17, 15) is 4.79 Å². The van der Waals surface area contributed by atoms with Crippen LogP contribution in [0.5, 0.6) is 5.75 Å². The van der Waals surface area contributed by atoms with E-state index >= 15 is 0 Å². The van der Waals surface area contributed by atoms with E-state index in [1.165, 1.54) is 11.3 Å². The van der Waals surface area contributed by atoms with Crippen molar-refractivity contribution in [1.29, 1.82) is 0 Å². The van der Waals surface area contributed by atoms with Gasteiger partial charge >= 0.3 is 0 Å². The van der Waals surface area contributed by atoms with Gasteiger partial charge in [0.05, 0.1) is 7.11 Å². The summed E-state index contributed by atoms with van der Waals surface area (Å²) in [4.78, 5) is 16.8. The fourth-order valence-electron chi connectivity index (χ4n) is 3.34. The predicted molar refractivity (Wildman–Crippen MR) is 111 cm³/mol. The molecule has 0 aromatic heterocycles. The molecule has 1 aliphatic heterocycles. The number of carbonyl (C=O) groups is 1. The van der Waals surface area contributed by atoms with Gasteiger partial charge in [0.1, 0.15) is 5.75 Å². The molecule has 0 saturated carbocycles. The molecule has 1 heterocycles. The predicted octanol–water partition coefficient (Wildman–Crippen LogP) is 3.41. The zero-order chi connectivity index (χ0) is 19.1. The Labute approximate surface area is 161 Å². The molecule has 0 aliphatic carbocycles. The average molecular weight is 367 g/mol. The van der Waals surface area contributed by atoms with Crippen molar-refractivity contribution in [3.8, 4) is 5.75 Å². The van der Waals surface area contributed by atoms with Crippen LogP contribution in [-0.2, 0) is 11.2 Å².